The van der Waals surface area contributed by atoms with Crippen molar-refractivity contribution in [3.63, 3.8) is 0 Å². The Hall–Kier alpha value is -1.35. The molecule has 0 aromatic heterocycles. The van der Waals surface area contributed by atoms with E-state index in [2.05, 4.69) is 40.7 Å². The van der Waals surface area contributed by atoms with Gasteiger partial charge in [-0.05, 0) is 36.8 Å². The molecule has 0 spiro atoms. The summed E-state index contributed by atoms with van der Waals surface area (Å²) in [7, 11) is 1.80. The molecular formula is C19H26O3. The Balaban J connectivity index is 2.27. The molecule has 2 aliphatic carbocycles. The molecule has 3 aliphatic rings. The van der Waals surface area contributed by atoms with Gasteiger partial charge in [0.05, 0.1) is 6.10 Å². The average molecular weight is 302 g/mol. The van der Waals surface area contributed by atoms with Crippen LogP contribution >= 0.6 is 0 Å². The van der Waals surface area contributed by atoms with Crippen LogP contribution in [-0.4, -0.2) is 19.2 Å². The Morgan fingerprint density at radius 1 is 1.18 bits per heavy atom. The monoisotopic (exact) mass is 302 g/mol. The van der Waals surface area contributed by atoms with Crippen molar-refractivity contribution in [1.29, 1.82) is 0 Å². The normalized spacial score (nSPS) is 41.2. The fourth-order valence-electron chi connectivity index (χ4n) is 4.88. The summed E-state index contributed by atoms with van der Waals surface area (Å²) in [4.78, 5) is 12.0. The Morgan fingerprint density at radius 2 is 1.82 bits per heavy atom. The minimum absolute atomic E-state index is 0.0364. The van der Waals surface area contributed by atoms with Crippen molar-refractivity contribution in [2.24, 2.45) is 23.2 Å². The lowest BCUT2D eigenvalue weighted by Crippen LogP contribution is -2.49. The van der Waals surface area contributed by atoms with Crippen LogP contribution in [0.15, 0.2) is 34.1 Å². The first-order chi connectivity index (χ1) is 10.2. The maximum Gasteiger partial charge on any atom is 0.339 e. The van der Waals surface area contributed by atoms with Crippen LogP contribution in [0, 0.1) is 23.2 Å². The van der Waals surface area contributed by atoms with E-state index in [4.69, 9.17) is 9.47 Å². The van der Waals surface area contributed by atoms with Crippen molar-refractivity contribution in [2.45, 2.75) is 47.6 Å². The SMILES string of the molecule is COC1C(C)C=C2C(C)=C3OC(=O)C(C)=C3C(C)C2(C)C1C. The first-order valence-corrected chi connectivity index (χ1v) is 8.14. The zero-order chi connectivity index (χ0) is 16.4. The molecule has 5 unspecified atom stereocenters. The van der Waals surface area contributed by atoms with Crippen LogP contribution in [-0.2, 0) is 14.3 Å². The van der Waals surface area contributed by atoms with Crippen molar-refractivity contribution in [2.75, 3.05) is 7.11 Å². The summed E-state index contributed by atoms with van der Waals surface area (Å²) in [5.74, 6) is 1.57. The second-order valence-electron chi connectivity index (χ2n) is 7.32. The van der Waals surface area contributed by atoms with Crippen LogP contribution in [0.4, 0.5) is 0 Å². The van der Waals surface area contributed by atoms with Crippen molar-refractivity contribution < 1.29 is 14.3 Å². The maximum absolute atomic E-state index is 12.0. The summed E-state index contributed by atoms with van der Waals surface area (Å²) in [5, 5.41) is 0. The molecule has 1 heterocycles. The van der Waals surface area contributed by atoms with Gasteiger partial charge in [-0.3, -0.25) is 0 Å². The third kappa shape index (κ3) is 1.69. The smallest absolute Gasteiger partial charge is 0.339 e. The van der Waals surface area contributed by atoms with Gasteiger partial charge in [-0.2, -0.15) is 0 Å². The third-order valence-electron chi connectivity index (χ3n) is 6.47. The number of methoxy groups -OCH3 is 1. The van der Waals surface area contributed by atoms with Crippen molar-refractivity contribution in [3.8, 4) is 0 Å². The predicted octanol–water partition coefficient (Wildman–Crippen LogP) is 4.02. The highest BCUT2D eigenvalue weighted by atomic mass is 16.5. The first-order valence-electron chi connectivity index (χ1n) is 8.14. The lowest BCUT2D eigenvalue weighted by Gasteiger charge is -2.53. The van der Waals surface area contributed by atoms with Gasteiger partial charge in [0.1, 0.15) is 5.76 Å². The standard InChI is InChI=1S/C19H26O3/c1-9-8-14-10(2)17-15(11(3)18(20)22-17)12(4)19(14,6)13(5)16(9)21-7/h8-9,12-13,16H,1-7H3. The first kappa shape index (κ1) is 15.5. The second kappa shape index (κ2) is 4.82. The van der Waals surface area contributed by atoms with Gasteiger partial charge in [-0.25, -0.2) is 4.79 Å². The minimum Gasteiger partial charge on any atom is -0.423 e. The summed E-state index contributed by atoms with van der Waals surface area (Å²) >= 11 is 0. The Bertz CT molecular complexity index is 637. The summed E-state index contributed by atoms with van der Waals surface area (Å²) in [5.41, 5.74) is 4.27. The van der Waals surface area contributed by atoms with E-state index in [1.807, 2.05) is 6.92 Å². The van der Waals surface area contributed by atoms with Crippen LogP contribution in [0.2, 0.25) is 0 Å². The number of esters is 1. The van der Waals surface area contributed by atoms with E-state index in [0.29, 0.717) is 11.8 Å². The summed E-state index contributed by atoms with van der Waals surface area (Å²) in [6, 6.07) is 0. The van der Waals surface area contributed by atoms with E-state index < -0.39 is 0 Å². The molecule has 0 fully saturated rings. The number of allylic oxidation sites excluding steroid dienone is 3. The Kier molecular flexibility index (Phi) is 3.41. The van der Waals surface area contributed by atoms with Gasteiger partial charge in [0.15, 0.2) is 0 Å². The molecule has 0 bridgehead atoms. The van der Waals surface area contributed by atoms with Crippen LogP contribution in [0.3, 0.4) is 0 Å². The third-order valence-corrected chi connectivity index (χ3v) is 6.47. The van der Waals surface area contributed by atoms with Crippen LogP contribution in [0.1, 0.15) is 41.5 Å². The maximum atomic E-state index is 12.0. The molecule has 0 saturated carbocycles. The average Bonchev–Trinajstić information content (AvgIpc) is 2.77. The fourth-order valence-corrected chi connectivity index (χ4v) is 4.88. The molecule has 0 aromatic rings. The number of hydrogen-bond acceptors (Lipinski definition) is 3. The molecule has 0 aromatic carbocycles. The number of carbonyl (C=O) groups excluding carboxylic acids is 1. The topological polar surface area (TPSA) is 35.5 Å². The molecule has 0 radical (unpaired) electrons. The van der Waals surface area contributed by atoms with E-state index >= 15 is 0 Å². The molecule has 3 heteroatoms. The van der Waals surface area contributed by atoms with Crippen LogP contribution in [0.5, 0.6) is 0 Å². The van der Waals surface area contributed by atoms with Gasteiger partial charge in [0.2, 0.25) is 0 Å². The van der Waals surface area contributed by atoms with Crippen molar-refractivity contribution in [3.05, 3.63) is 34.1 Å². The second-order valence-corrected chi connectivity index (χ2v) is 7.32. The van der Waals surface area contributed by atoms with E-state index in [-0.39, 0.29) is 23.4 Å². The number of rotatable bonds is 1. The lowest BCUT2D eigenvalue weighted by molar-refractivity contribution is -0.133. The van der Waals surface area contributed by atoms with Gasteiger partial charge in [-0.1, -0.05) is 33.8 Å². The molecule has 1 aliphatic heterocycles. The van der Waals surface area contributed by atoms with Crippen LogP contribution < -0.4 is 0 Å². The number of fused-ring (bicyclic) bond motifs is 2. The molecule has 0 amide bonds. The summed E-state index contributed by atoms with van der Waals surface area (Å²) in [6.07, 6.45) is 2.52. The molecule has 5 atom stereocenters. The molecular weight excluding hydrogens is 276 g/mol. The molecule has 120 valence electrons. The number of hydrogen-bond donors (Lipinski definition) is 0. The van der Waals surface area contributed by atoms with Gasteiger partial charge in [-0.15, -0.1) is 0 Å². The van der Waals surface area contributed by atoms with Gasteiger partial charge in [0.25, 0.3) is 0 Å². The molecule has 22 heavy (non-hydrogen) atoms. The van der Waals surface area contributed by atoms with E-state index in [9.17, 15) is 4.79 Å². The van der Waals surface area contributed by atoms with Gasteiger partial charge < -0.3 is 9.47 Å². The lowest BCUT2D eigenvalue weighted by atomic mass is 9.52. The van der Waals surface area contributed by atoms with E-state index in [1.165, 1.54) is 5.57 Å². The van der Waals surface area contributed by atoms with E-state index in [1.54, 1.807) is 7.11 Å². The van der Waals surface area contributed by atoms with E-state index in [0.717, 1.165) is 22.5 Å². The number of carbonyl (C=O) groups is 1. The van der Waals surface area contributed by atoms with Crippen LogP contribution in [0.25, 0.3) is 0 Å². The van der Waals surface area contributed by atoms with Crippen molar-refractivity contribution in [1.82, 2.24) is 0 Å². The highest BCUT2D eigenvalue weighted by molar-refractivity contribution is 5.95. The molecule has 0 saturated heterocycles. The van der Waals surface area contributed by atoms with Gasteiger partial charge in [0, 0.05) is 29.6 Å². The highest BCUT2D eigenvalue weighted by Crippen LogP contribution is 2.59. The quantitative estimate of drug-likeness (QED) is 0.686. The summed E-state index contributed by atoms with van der Waals surface area (Å²) in [6.45, 7) is 13.0. The highest BCUT2D eigenvalue weighted by Gasteiger charge is 2.54. The van der Waals surface area contributed by atoms with Gasteiger partial charge >= 0.3 is 5.97 Å². The Labute approximate surface area is 133 Å². The largest absolute Gasteiger partial charge is 0.423 e. The number of ether oxygens (including phenoxy) is 2. The molecule has 3 nitrogen and oxygen atoms in total. The minimum atomic E-state index is -0.192. The zero-order valence-electron chi connectivity index (χ0n) is 14.6. The Morgan fingerprint density at radius 3 is 2.41 bits per heavy atom. The zero-order valence-corrected chi connectivity index (χ0v) is 14.6. The molecule has 0 N–H and O–H groups in total. The fraction of sp³-hybridized carbons (Fsp3) is 0.632. The summed E-state index contributed by atoms with van der Waals surface area (Å²) < 4.78 is 11.4. The molecule has 3 rings (SSSR count). The van der Waals surface area contributed by atoms with Crippen molar-refractivity contribution >= 4 is 5.97 Å². The predicted molar refractivity (Wildman–Crippen MR) is 86.0 cm³/mol.